The number of fused-ring (bicyclic) bond motifs is 3. The molecule has 2 fully saturated rings. The van der Waals surface area contributed by atoms with Crippen LogP contribution in [-0.2, 0) is 9.84 Å². The number of sulfone groups is 1. The Balaban J connectivity index is 1.69. The average molecular weight is 416 g/mol. The summed E-state index contributed by atoms with van der Waals surface area (Å²) in [5.41, 5.74) is 1.95. The number of anilines is 1. The van der Waals surface area contributed by atoms with Gasteiger partial charge in [-0.05, 0) is 6.07 Å². The lowest BCUT2D eigenvalue weighted by atomic mass is 9.83. The number of hydrogen-bond donors (Lipinski definition) is 0. The van der Waals surface area contributed by atoms with Gasteiger partial charge in [-0.2, -0.15) is 0 Å². The molecule has 27 heavy (non-hydrogen) atoms. The zero-order chi connectivity index (χ0) is 18.9. The third-order valence-corrected chi connectivity index (χ3v) is 8.84. The minimum absolute atomic E-state index is 0.00714. The van der Waals surface area contributed by atoms with Gasteiger partial charge in [-0.15, -0.1) is 0 Å². The number of benzene rings is 2. The topological polar surface area (TPSA) is 71.5 Å². The van der Waals surface area contributed by atoms with Crippen LogP contribution in [0.4, 0.5) is 5.69 Å². The van der Waals surface area contributed by atoms with Gasteiger partial charge in [0.15, 0.2) is 21.4 Å². The molecule has 0 N–H and O–H groups in total. The van der Waals surface area contributed by atoms with Crippen LogP contribution in [0, 0.1) is 0 Å². The zero-order valence-electron chi connectivity index (χ0n) is 13.9. The first-order valence-corrected chi connectivity index (χ1v) is 11.5. The van der Waals surface area contributed by atoms with Gasteiger partial charge in [-0.3, -0.25) is 9.59 Å². The Labute approximate surface area is 165 Å². The summed E-state index contributed by atoms with van der Waals surface area (Å²) in [7, 11) is -3.14. The molecular formula is C19H13NO4S3. The molecule has 2 aromatic rings. The fourth-order valence-electron chi connectivity index (χ4n) is 4.08. The van der Waals surface area contributed by atoms with Crippen molar-refractivity contribution in [1.82, 2.24) is 0 Å². The quantitative estimate of drug-likeness (QED) is 0.566. The van der Waals surface area contributed by atoms with Crippen LogP contribution in [0.25, 0.3) is 0 Å². The Hall–Kier alpha value is -2.03. The summed E-state index contributed by atoms with van der Waals surface area (Å²) in [4.78, 5) is 27.9. The second-order valence-electron chi connectivity index (χ2n) is 6.84. The number of hydrogen-bond acceptors (Lipinski definition) is 6. The van der Waals surface area contributed by atoms with Crippen molar-refractivity contribution in [2.24, 2.45) is 0 Å². The fraction of sp³-hybridized carbons (Fsp3) is 0.211. The SMILES string of the molecule is O=C1c2ccccc2C(=O)c2c1cccc2N1C(=S)S[C@@H]2CS(=O)(=O)C[C@H]21. The van der Waals surface area contributed by atoms with E-state index in [1.54, 1.807) is 47.4 Å². The van der Waals surface area contributed by atoms with E-state index >= 15 is 0 Å². The molecule has 8 heteroatoms. The molecule has 0 bridgehead atoms. The van der Waals surface area contributed by atoms with Gasteiger partial charge < -0.3 is 4.90 Å². The van der Waals surface area contributed by atoms with Gasteiger partial charge in [0.25, 0.3) is 0 Å². The molecular weight excluding hydrogens is 402 g/mol. The Morgan fingerprint density at radius 2 is 1.59 bits per heavy atom. The molecule has 2 heterocycles. The van der Waals surface area contributed by atoms with Gasteiger partial charge in [0, 0.05) is 21.9 Å². The van der Waals surface area contributed by atoms with E-state index in [0.717, 1.165) is 0 Å². The van der Waals surface area contributed by atoms with E-state index in [9.17, 15) is 18.0 Å². The molecule has 3 aliphatic rings. The molecule has 0 amide bonds. The van der Waals surface area contributed by atoms with Crippen molar-refractivity contribution in [1.29, 1.82) is 0 Å². The largest absolute Gasteiger partial charge is 0.321 e. The predicted molar refractivity (Wildman–Crippen MR) is 109 cm³/mol. The number of rotatable bonds is 1. The summed E-state index contributed by atoms with van der Waals surface area (Å²) in [6, 6.07) is 11.6. The van der Waals surface area contributed by atoms with Crippen LogP contribution in [0.1, 0.15) is 31.8 Å². The Morgan fingerprint density at radius 1 is 0.926 bits per heavy atom. The van der Waals surface area contributed by atoms with Crippen LogP contribution in [0.3, 0.4) is 0 Å². The number of nitrogens with zero attached hydrogens (tertiary/aromatic N) is 1. The van der Waals surface area contributed by atoms with Crippen molar-refractivity contribution in [3.05, 3.63) is 64.7 Å². The van der Waals surface area contributed by atoms with Crippen molar-refractivity contribution in [2.75, 3.05) is 16.4 Å². The van der Waals surface area contributed by atoms with Gasteiger partial charge in [0.05, 0.1) is 28.8 Å². The molecule has 2 aliphatic heterocycles. The molecule has 5 nitrogen and oxygen atoms in total. The molecule has 0 aromatic heterocycles. The van der Waals surface area contributed by atoms with E-state index in [-0.39, 0.29) is 34.4 Å². The Bertz CT molecular complexity index is 1160. The third kappa shape index (κ3) is 2.43. The molecule has 0 spiro atoms. The Morgan fingerprint density at radius 3 is 2.33 bits per heavy atom. The molecule has 0 radical (unpaired) electrons. The van der Waals surface area contributed by atoms with Crippen LogP contribution in [0.15, 0.2) is 42.5 Å². The van der Waals surface area contributed by atoms with E-state index in [1.807, 2.05) is 0 Å². The minimum Gasteiger partial charge on any atom is -0.321 e. The molecule has 5 rings (SSSR count). The molecule has 0 saturated carbocycles. The van der Waals surface area contributed by atoms with Crippen molar-refractivity contribution in [3.63, 3.8) is 0 Å². The summed E-state index contributed by atoms with van der Waals surface area (Å²) in [6.07, 6.45) is 0. The molecule has 2 atom stereocenters. The van der Waals surface area contributed by atoms with Gasteiger partial charge in [-0.25, -0.2) is 8.42 Å². The lowest BCUT2D eigenvalue weighted by Crippen LogP contribution is -2.38. The molecule has 136 valence electrons. The van der Waals surface area contributed by atoms with Crippen molar-refractivity contribution < 1.29 is 18.0 Å². The smallest absolute Gasteiger partial charge is 0.196 e. The highest BCUT2D eigenvalue weighted by molar-refractivity contribution is 8.24. The third-order valence-electron chi connectivity index (χ3n) is 5.24. The van der Waals surface area contributed by atoms with Crippen LogP contribution in [0.2, 0.25) is 0 Å². The molecule has 2 aromatic carbocycles. The van der Waals surface area contributed by atoms with Crippen LogP contribution >= 0.6 is 24.0 Å². The average Bonchev–Trinajstić information content (AvgIpc) is 3.08. The molecule has 0 unspecified atom stereocenters. The zero-order valence-corrected chi connectivity index (χ0v) is 16.4. The second-order valence-corrected chi connectivity index (χ2v) is 10.9. The molecule has 2 saturated heterocycles. The highest BCUT2D eigenvalue weighted by Gasteiger charge is 2.49. The maximum absolute atomic E-state index is 13.2. The monoisotopic (exact) mass is 415 g/mol. The van der Waals surface area contributed by atoms with E-state index in [1.165, 1.54) is 11.8 Å². The van der Waals surface area contributed by atoms with Crippen molar-refractivity contribution >= 4 is 55.4 Å². The van der Waals surface area contributed by atoms with Crippen LogP contribution < -0.4 is 4.90 Å². The first-order chi connectivity index (χ1) is 12.9. The second kappa shape index (κ2) is 5.73. The van der Waals surface area contributed by atoms with E-state index in [0.29, 0.717) is 32.3 Å². The number of ketones is 2. The fourth-order valence-corrected chi connectivity index (χ4v) is 8.44. The van der Waals surface area contributed by atoms with Gasteiger partial charge in [-0.1, -0.05) is 60.4 Å². The van der Waals surface area contributed by atoms with Crippen molar-refractivity contribution in [2.45, 2.75) is 11.3 Å². The standard InChI is InChI=1S/C19H13NO4S3/c21-17-10-4-1-2-5-11(10)18(22)16-12(17)6-3-7-13(16)20-14-8-27(23,24)9-15(14)26-19(20)25/h1-7,14-15H,8-9H2/t14-,15-/m1/s1. The Kier molecular flexibility index (Phi) is 3.63. The lowest BCUT2D eigenvalue weighted by molar-refractivity contribution is 0.0979. The van der Waals surface area contributed by atoms with Crippen molar-refractivity contribution in [3.8, 4) is 0 Å². The first-order valence-electron chi connectivity index (χ1n) is 8.39. The lowest BCUT2D eigenvalue weighted by Gasteiger charge is -2.29. The summed E-state index contributed by atoms with van der Waals surface area (Å²) in [5, 5.41) is -0.139. The van der Waals surface area contributed by atoms with Gasteiger partial charge >= 0.3 is 0 Å². The highest BCUT2D eigenvalue weighted by Crippen LogP contribution is 2.44. The maximum atomic E-state index is 13.2. The van der Waals surface area contributed by atoms with E-state index < -0.39 is 9.84 Å². The normalized spacial score (nSPS) is 25.3. The van der Waals surface area contributed by atoms with Gasteiger partial charge in [0.2, 0.25) is 0 Å². The highest BCUT2D eigenvalue weighted by atomic mass is 32.2. The summed E-state index contributed by atoms with van der Waals surface area (Å²) in [5.74, 6) is -0.333. The maximum Gasteiger partial charge on any atom is 0.196 e. The number of thiocarbonyl (C=S) groups is 1. The number of thioether (sulfide) groups is 1. The summed E-state index contributed by atoms with van der Waals surface area (Å²) < 4.78 is 24.7. The number of carbonyl (C=O) groups excluding carboxylic acids is 2. The van der Waals surface area contributed by atoms with E-state index in [2.05, 4.69) is 0 Å². The number of carbonyl (C=O) groups is 2. The summed E-state index contributed by atoms with van der Waals surface area (Å²) >= 11 is 6.86. The van der Waals surface area contributed by atoms with Crippen LogP contribution in [0.5, 0.6) is 0 Å². The minimum atomic E-state index is -3.14. The van der Waals surface area contributed by atoms with E-state index in [4.69, 9.17) is 12.2 Å². The van der Waals surface area contributed by atoms with Gasteiger partial charge in [0.1, 0.15) is 4.32 Å². The predicted octanol–water partition coefficient (Wildman–Crippen LogP) is 2.47. The first kappa shape index (κ1) is 17.1. The van der Waals surface area contributed by atoms with Crippen LogP contribution in [-0.4, -0.2) is 47.1 Å². The summed E-state index contributed by atoms with van der Waals surface area (Å²) in [6.45, 7) is 0. The molecule has 1 aliphatic carbocycles.